The lowest BCUT2D eigenvalue weighted by molar-refractivity contribution is 0.308. The molecule has 1 aromatic carbocycles. The lowest BCUT2D eigenvalue weighted by Crippen LogP contribution is -2.28. The maximum atomic E-state index is 5.74. The molecule has 0 fully saturated rings. The fourth-order valence-electron chi connectivity index (χ4n) is 1.85. The summed E-state index contributed by atoms with van der Waals surface area (Å²) < 4.78 is 5.74. The first-order chi connectivity index (χ1) is 8.67. The number of unbranched alkanes of at least 4 members (excludes halogenated alkanes) is 1. The summed E-state index contributed by atoms with van der Waals surface area (Å²) in [6.45, 7) is 9.62. The zero-order valence-electron chi connectivity index (χ0n) is 12.2. The minimum atomic E-state index is 0.370. The van der Waals surface area contributed by atoms with E-state index in [1.54, 1.807) is 0 Å². The number of rotatable bonds is 8. The van der Waals surface area contributed by atoms with Crippen LogP contribution in [-0.4, -0.2) is 12.6 Å². The molecular weight excluding hydrogens is 222 g/mol. The average molecular weight is 249 g/mol. The summed E-state index contributed by atoms with van der Waals surface area (Å²) in [6.07, 6.45) is 3.44. The van der Waals surface area contributed by atoms with Gasteiger partial charge in [-0.1, -0.05) is 32.4 Å². The van der Waals surface area contributed by atoms with Crippen LogP contribution in [-0.2, 0) is 0 Å². The summed E-state index contributed by atoms with van der Waals surface area (Å²) >= 11 is 0. The lowest BCUT2D eigenvalue weighted by Gasteiger charge is -2.19. The van der Waals surface area contributed by atoms with E-state index in [2.05, 4.69) is 51.2 Å². The molecule has 2 heteroatoms. The van der Waals surface area contributed by atoms with Gasteiger partial charge in [-0.25, -0.2) is 0 Å². The van der Waals surface area contributed by atoms with Crippen molar-refractivity contribution in [2.24, 2.45) is 0 Å². The standard InChI is InChI=1S/C16H27NO/c1-5-7-11-18-16-10-8-9-15(12-16)14(4)17-13(3)6-2/h8-10,12-14,17H,5-7,11H2,1-4H3/t13-,14-/m0/s1. The first kappa shape index (κ1) is 15.0. The SMILES string of the molecule is CCCCOc1cccc([C@H](C)N[C@@H](C)CC)c1. The van der Waals surface area contributed by atoms with Crippen LogP contribution in [0.25, 0.3) is 0 Å². The molecule has 0 amide bonds. The second-order valence-electron chi connectivity index (χ2n) is 4.97. The topological polar surface area (TPSA) is 21.3 Å². The van der Waals surface area contributed by atoms with Gasteiger partial charge in [0.2, 0.25) is 0 Å². The molecule has 0 aromatic heterocycles. The van der Waals surface area contributed by atoms with Gasteiger partial charge in [-0.3, -0.25) is 0 Å². The van der Waals surface area contributed by atoms with Crippen LogP contribution in [0.15, 0.2) is 24.3 Å². The van der Waals surface area contributed by atoms with E-state index in [-0.39, 0.29) is 0 Å². The molecule has 0 radical (unpaired) electrons. The van der Waals surface area contributed by atoms with E-state index in [4.69, 9.17) is 4.74 Å². The third kappa shape index (κ3) is 5.09. The number of hydrogen-bond donors (Lipinski definition) is 1. The van der Waals surface area contributed by atoms with Crippen LogP contribution < -0.4 is 10.1 Å². The zero-order chi connectivity index (χ0) is 13.4. The van der Waals surface area contributed by atoms with Gasteiger partial charge in [0.25, 0.3) is 0 Å². The third-order valence-corrected chi connectivity index (χ3v) is 3.27. The minimum Gasteiger partial charge on any atom is -0.494 e. The van der Waals surface area contributed by atoms with E-state index < -0.39 is 0 Å². The Bertz CT molecular complexity index is 338. The van der Waals surface area contributed by atoms with Crippen molar-refractivity contribution in [2.45, 2.75) is 59.0 Å². The number of ether oxygens (including phenoxy) is 1. The summed E-state index contributed by atoms with van der Waals surface area (Å²) in [7, 11) is 0. The van der Waals surface area contributed by atoms with Crippen molar-refractivity contribution < 1.29 is 4.74 Å². The molecule has 0 aliphatic heterocycles. The van der Waals surface area contributed by atoms with E-state index in [9.17, 15) is 0 Å². The third-order valence-electron chi connectivity index (χ3n) is 3.27. The molecule has 0 heterocycles. The van der Waals surface area contributed by atoms with E-state index in [1.807, 2.05) is 6.07 Å². The van der Waals surface area contributed by atoms with Crippen molar-refractivity contribution >= 4 is 0 Å². The monoisotopic (exact) mass is 249 g/mol. The van der Waals surface area contributed by atoms with E-state index in [1.165, 1.54) is 12.0 Å². The van der Waals surface area contributed by atoms with Gasteiger partial charge in [0.1, 0.15) is 5.75 Å². The highest BCUT2D eigenvalue weighted by Crippen LogP contribution is 2.20. The van der Waals surface area contributed by atoms with Gasteiger partial charge in [0, 0.05) is 12.1 Å². The lowest BCUT2D eigenvalue weighted by atomic mass is 10.1. The fraction of sp³-hybridized carbons (Fsp3) is 0.625. The number of nitrogens with one attached hydrogen (secondary N) is 1. The molecule has 18 heavy (non-hydrogen) atoms. The Hall–Kier alpha value is -1.02. The van der Waals surface area contributed by atoms with Crippen LogP contribution in [0.3, 0.4) is 0 Å². The summed E-state index contributed by atoms with van der Waals surface area (Å²) in [4.78, 5) is 0. The maximum Gasteiger partial charge on any atom is 0.119 e. The summed E-state index contributed by atoms with van der Waals surface area (Å²) in [5.41, 5.74) is 1.30. The average Bonchev–Trinajstić information content (AvgIpc) is 2.39. The highest BCUT2D eigenvalue weighted by atomic mass is 16.5. The molecular formula is C16H27NO. The summed E-state index contributed by atoms with van der Waals surface area (Å²) in [5, 5.41) is 3.58. The molecule has 2 nitrogen and oxygen atoms in total. The van der Waals surface area contributed by atoms with Gasteiger partial charge in [-0.15, -0.1) is 0 Å². The summed E-state index contributed by atoms with van der Waals surface area (Å²) in [6, 6.07) is 9.34. The highest BCUT2D eigenvalue weighted by Gasteiger charge is 2.08. The highest BCUT2D eigenvalue weighted by molar-refractivity contribution is 5.30. The van der Waals surface area contributed by atoms with Crippen LogP contribution in [0.5, 0.6) is 5.75 Å². The predicted octanol–water partition coefficient (Wildman–Crippen LogP) is 4.31. The van der Waals surface area contributed by atoms with Crippen LogP contribution in [0, 0.1) is 0 Å². The van der Waals surface area contributed by atoms with Crippen LogP contribution >= 0.6 is 0 Å². The molecule has 1 N–H and O–H groups in total. The Kier molecular flexibility index (Phi) is 6.81. The Morgan fingerprint density at radius 1 is 1.22 bits per heavy atom. The quantitative estimate of drug-likeness (QED) is 0.693. The number of benzene rings is 1. The molecule has 0 saturated heterocycles. The molecule has 0 aliphatic carbocycles. The molecule has 0 saturated carbocycles. The molecule has 0 spiro atoms. The van der Waals surface area contributed by atoms with E-state index >= 15 is 0 Å². The largest absolute Gasteiger partial charge is 0.494 e. The van der Waals surface area contributed by atoms with Crippen molar-refractivity contribution in [1.29, 1.82) is 0 Å². The van der Waals surface area contributed by atoms with Gasteiger partial charge in [0.15, 0.2) is 0 Å². The minimum absolute atomic E-state index is 0.370. The smallest absolute Gasteiger partial charge is 0.119 e. The predicted molar refractivity (Wildman–Crippen MR) is 78.1 cm³/mol. The Labute approximate surface area is 112 Å². The Morgan fingerprint density at radius 3 is 2.67 bits per heavy atom. The summed E-state index contributed by atoms with van der Waals surface area (Å²) in [5.74, 6) is 0.985. The first-order valence-corrected chi connectivity index (χ1v) is 7.16. The van der Waals surface area contributed by atoms with Gasteiger partial charge in [0.05, 0.1) is 6.61 Å². The second kappa shape index (κ2) is 8.15. The van der Waals surface area contributed by atoms with Crippen LogP contribution in [0.2, 0.25) is 0 Å². The van der Waals surface area contributed by atoms with Crippen molar-refractivity contribution in [1.82, 2.24) is 5.32 Å². The van der Waals surface area contributed by atoms with Gasteiger partial charge in [-0.2, -0.15) is 0 Å². The Morgan fingerprint density at radius 2 is 2.00 bits per heavy atom. The number of hydrogen-bond acceptors (Lipinski definition) is 2. The van der Waals surface area contributed by atoms with Gasteiger partial charge >= 0.3 is 0 Å². The normalized spacial score (nSPS) is 14.2. The van der Waals surface area contributed by atoms with Crippen molar-refractivity contribution in [3.63, 3.8) is 0 Å². The van der Waals surface area contributed by atoms with E-state index in [0.717, 1.165) is 25.2 Å². The molecule has 1 aromatic rings. The Balaban J connectivity index is 2.57. The molecule has 102 valence electrons. The molecule has 2 atom stereocenters. The zero-order valence-corrected chi connectivity index (χ0v) is 12.2. The van der Waals surface area contributed by atoms with E-state index in [0.29, 0.717) is 12.1 Å². The van der Waals surface area contributed by atoms with Crippen molar-refractivity contribution in [2.75, 3.05) is 6.61 Å². The molecule has 0 aliphatic rings. The van der Waals surface area contributed by atoms with Gasteiger partial charge in [-0.05, 0) is 44.4 Å². The van der Waals surface area contributed by atoms with Gasteiger partial charge < -0.3 is 10.1 Å². The molecule has 0 bridgehead atoms. The van der Waals surface area contributed by atoms with Crippen LogP contribution in [0.1, 0.15) is 58.6 Å². The van der Waals surface area contributed by atoms with Crippen molar-refractivity contribution in [3.8, 4) is 5.75 Å². The van der Waals surface area contributed by atoms with Crippen LogP contribution in [0.4, 0.5) is 0 Å². The molecule has 0 unspecified atom stereocenters. The second-order valence-corrected chi connectivity index (χ2v) is 4.97. The first-order valence-electron chi connectivity index (χ1n) is 7.16. The fourth-order valence-corrected chi connectivity index (χ4v) is 1.85. The van der Waals surface area contributed by atoms with Crippen molar-refractivity contribution in [3.05, 3.63) is 29.8 Å². The maximum absolute atomic E-state index is 5.74. The molecule has 1 rings (SSSR count).